The van der Waals surface area contributed by atoms with Gasteiger partial charge in [0.05, 0.1) is 0 Å². The van der Waals surface area contributed by atoms with Crippen LogP contribution in [0.5, 0.6) is 0 Å². The van der Waals surface area contributed by atoms with Crippen LogP contribution in [0.4, 0.5) is 0 Å². The topological polar surface area (TPSA) is 32.5 Å². The van der Waals surface area contributed by atoms with Crippen LogP contribution in [0.1, 0.15) is 42.9 Å². The number of likely N-dealkylation sites (N-methyl/N-ethyl adjacent to an activating group) is 1. The van der Waals surface area contributed by atoms with E-state index in [4.69, 9.17) is 5.73 Å². The van der Waals surface area contributed by atoms with Crippen molar-refractivity contribution in [2.24, 2.45) is 11.7 Å². The van der Waals surface area contributed by atoms with E-state index in [9.17, 15) is 0 Å². The van der Waals surface area contributed by atoms with Gasteiger partial charge in [0.25, 0.3) is 0 Å². The van der Waals surface area contributed by atoms with Crippen LogP contribution in [-0.4, -0.2) is 49.6 Å². The molecular formula is C18H29N3. The third kappa shape index (κ3) is 3.01. The molecule has 0 bridgehead atoms. The Morgan fingerprint density at radius 1 is 1.24 bits per heavy atom. The molecular weight excluding hydrogens is 258 g/mol. The number of benzene rings is 1. The molecule has 0 spiro atoms. The van der Waals surface area contributed by atoms with E-state index < -0.39 is 0 Å². The Kier molecular flexibility index (Phi) is 4.34. The number of rotatable bonds is 5. The van der Waals surface area contributed by atoms with Crippen LogP contribution in [0.3, 0.4) is 0 Å². The normalized spacial score (nSPS) is 28.2. The minimum Gasteiger partial charge on any atom is -0.329 e. The maximum absolute atomic E-state index is 6.19. The molecule has 0 aromatic heterocycles. The fourth-order valence-electron chi connectivity index (χ4n) is 3.97. The molecule has 2 aliphatic rings. The molecule has 1 heterocycles. The lowest BCUT2D eigenvalue weighted by Gasteiger charge is -2.29. The van der Waals surface area contributed by atoms with Crippen molar-refractivity contribution < 1.29 is 0 Å². The molecule has 1 aliphatic carbocycles. The molecule has 1 aromatic rings. The molecule has 3 atom stereocenters. The maximum atomic E-state index is 6.19. The number of nitrogens with two attached hydrogens (primary N) is 1. The van der Waals surface area contributed by atoms with Gasteiger partial charge < -0.3 is 10.6 Å². The van der Waals surface area contributed by atoms with Crippen molar-refractivity contribution in [2.45, 2.75) is 37.8 Å². The number of hydrogen-bond donors (Lipinski definition) is 1. The van der Waals surface area contributed by atoms with Gasteiger partial charge in [-0.3, -0.25) is 4.90 Å². The Labute approximate surface area is 129 Å². The van der Waals surface area contributed by atoms with Crippen molar-refractivity contribution in [2.75, 3.05) is 33.7 Å². The van der Waals surface area contributed by atoms with Gasteiger partial charge in [-0.2, -0.15) is 0 Å². The second-order valence-electron chi connectivity index (χ2n) is 7.12. The predicted octanol–water partition coefficient (Wildman–Crippen LogP) is 2.45. The highest BCUT2D eigenvalue weighted by atomic mass is 15.3. The average molecular weight is 287 g/mol. The summed E-state index contributed by atoms with van der Waals surface area (Å²) in [4.78, 5) is 4.97. The molecule has 3 unspecified atom stereocenters. The zero-order chi connectivity index (χ0) is 15.0. The van der Waals surface area contributed by atoms with E-state index in [1.165, 1.54) is 18.4 Å². The Morgan fingerprint density at radius 2 is 1.95 bits per heavy atom. The van der Waals surface area contributed by atoms with Crippen molar-refractivity contribution in [3.63, 3.8) is 0 Å². The Bertz CT molecular complexity index is 481. The van der Waals surface area contributed by atoms with E-state index in [0.29, 0.717) is 18.0 Å². The second kappa shape index (κ2) is 6.07. The first kappa shape index (κ1) is 15.0. The number of likely N-dealkylation sites (tertiary alicyclic amines) is 1. The van der Waals surface area contributed by atoms with Crippen LogP contribution in [-0.2, 0) is 0 Å². The van der Waals surface area contributed by atoms with Crippen molar-refractivity contribution >= 4 is 0 Å². The molecule has 3 heteroatoms. The van der Waals surface area contributed by atoms with Crippen molar-refractivity contribution in [3.05, 3.63) is 35.4 Å². The summed E-state index contributed by atoms with van der Waals surface area (Å²) >= 11 is 0. The first-order chi connectivity index (χ1) is 10.1. The largest absolute Gasteiger partial charge is 0.329 e. The molecule has 1 aliphatic heterocycles. The first-order valence-electron chi connectivity index (χ1n) is 8.31. The molecule has 3 rings (SSSR count). The van der Waals surface area contributed by atoms with Crippen molar-refractivity contribution in [3.8, 4) is 0 Å². The molecule has 0 amide bonds. The SMILES string of the molecule is CC1CN(C(CN)c2ccccc2C2CC2)CC1N(C)C. The Hall–Kier alpha value is -0.900. The van der Waals surface area contributed by atoms with Crippen LogP contribution >= 0.6 is 0 Å². The lowest BCUT2D eigenvalue weighted by atomic mass is 9.96. The van der Waals surface area contributed by atoms with Crippen LogP contribution in [0.15, 0.2) is 24.3 Å². The maximum Gasteiger partial charge on any atom is 0.0474 e. The Balaban J connectivity index is 1.83. The quantitative estimate of drug-likeness (QED) is 0.903. The highest BCUT2D eigenvalue weighted by molar-refractivity contribution is 5.36. The Morgan fingerprint density at radius 3 is 2.52 bits per heavy atom. The van der Waals surface area contributed by atoms with Gasteiger partial charge in [-0.25, -0.2) is 0 Å². The summed E-state index contributed by atoms with van der Waals surface area (Å²) in [5.41, 5.74) is 9.22. The average Bonchev–Trinajstić information content (AvgIpc) is 3.23. The van der Waals surface area contributed by atoms with Gasteiger partial charge in [-0.1, -0.05) is 31.2 Å². The second-order valence-corrected chi connectivity index (χ2v) is 7.12. The third-order valence-corrected chi connectivity index (χ3v) is 5.30. The summed E-state index contributed by atoms with van der Waals surface area (Å²) in [5.74, 6) is 1.50. The van der Waals surface area contributed by atoms with Crippen molar-refractivity contribution in [1.29, 1.82) is 0 Å². The predicted molar refractivity (Wildman–Crippen MR) is 88.4 cm³/mol. The number of nitrogens with zero attached hydrogens (tertiary/aromatic N) is 2. The van der Waals surface area contributed by atoms with Gasteiger partial charge in [0, 0.05) is 31.7 Å². The first-order valence-corrected chi connectivity index (χ1v) is 8.31. The number of hydrogen-bond acceptors (Lipinski definition) is 3. The summed E-state index contributed by atoms with van der Waals surface area (Å²) in [5, 5.41) is 0. The molecule has 2 N–H and O–H groups in total. The van der Waals surface area contributed by atoms with Crippen LogP contribution in [0.25, 0.3) is 0 Å². The van der Waals surface area contributed by atoms with Crippen LogP contribution in [0.2, 0.25) is 0 Å². The van der Waals surface area contributed by atoms with Gasteiger partial charge in [0.15, 0.2) is 0 Å². The van der Waals surface area contributed by atoms with E-state index in [1.54, 1.807) is 5.56 Å². The van der Waals surface area contributed by atoms with Gasteiger partial charge in [0.2, 0.25) is 0 Å². The van der Waals surface area contributed by atoms with Gasteiger partial charge in [0.1, 0.15) is 0 Å². The zero-order valence-corrected chi connectivity index (χ0v) is 13.6. The molecule has 0 radical (unpaired) electrons. The molecule has 1 saturated carbocycles. The smallest absolute Gasteiger partial charge is 0.0474 e. The fraction of sp³-hybridized carbons (Fsp3) is 0.667. The lowest BCUT2D eigenvalue weighted by Crippen LogP contribution is -2.37. The summed E-state index contributed by atoms with van der Waals surface area (Å²) in [7, 11) is 4.39. The molecule has 1 aromatic carbocycles. The van der Waals surface area contributed by atoms with E-state index in [2.05, 4.69) is 55.1 Å². The molecule has 21 heavy (non-hydrogen) atoms. The minimum absolute atomic E-state index is 0.384. The van der Waals surface area contributed by atoms with Crippen LogP contribution < -0.4 is 5.73 Å². The van der Waals surface area contributed by atoms with Gasteiger partial charge >= 0.3 is 0 Å². The van der Waals surface area contributed by atoms with Gasteiger partial charge in [-0.05, 0) is 49.9 Å². The molecule has 116 valence electrons. The van der Waals surface area contributed by atoms with E-state index >= 15 is 0 Å². The highest BCUT2D eigenvalue weighted by Crippen LogP contribution is 2.44. The summed E-state index contributed by atoms with van der Waals surface area (Å²) in [6.45, 7) is 5.38. The monoisotopic (exact) mass is 287 g/mol. The third-order valence-electron chi connectivity index (χ3n) is 5.30. The minimum atomic E-state index is 0.384. The molecule has 3 nitrogen and oxygen atoms in total. The van der Waals surface area contributed by atoms with E-state index in [0.717, 1.165) is 25.6 Å². The lowest BCUT2D eigenvalue weighted by molar-refractivity contribution is 0.219. The highest BCUT2D eigenvalue weighted by Gasteiger charge is 2.36. The summed E-state index contributed by atoms with van der Waals surface area (Å²) < 4.78 is 0. The van der Waals surface area contributed by atoms with E-state index in [-0.39, 0.29) is 0 Å². The fourth-order valence-corrected chi connectivity index (χ4v) is 3.97. The summed E-state index contributed by atoms with van der Waals surface area (Å²) in [6, 6.07) is 10.0. The summed E-state index contributed by atoms with van der Waals surface area (Å²) in [6.07, 6.45) is 2.70. The molecule has 2 fully saturated rings. The van der Waals surface area contributed by atoms with E-state index in [1.807, 2.05) is 0 Å². The zero-order valence-electron chi connectivity index (χ0n) is 13.6. The standard InChI is InChI=1S/C18H29N3/c1-13-11-21(12-18(13)20(2)3)17(10-19)16-7-5-4-6-15(16)14-8-9-14/h4-7,13-14,17-18H,8-12,19H2,1-3H3. The molecule has 1 saturated heterocycles. The van der Waals surface area contributed by atoms with Gasteiger partial charge in [-0.15, -0.1) is 0 Å². The van der Waals surface area contributed by atoms with Crippen molar-refractivity contribution in [1.82, 2.24) is 9.80 Å². The van der Waals surface area contributed by atoms with Crippen LogP contribution in [0, 0.1) is 5.92 Å².